The summed E-state index contributed by atoms with van der Waals surface area (Å²) in [7, 11) is -3.68. The molecular formula is C11H12N2O4S2. The lowest BCUT2D eigenvalue weighted by molar-refractivity contribution is 0.0976. The zero-order chi connectivity index (χ0) is 13.9. The molecule has 0 fully saturated rings. The third kappa shape index (κ3) is 3.97. The molecule has 0 bridgehead atoms. The Morgan fingerprint density at radius 3 is 2.79 bits per heavy atom. The van der Waals surface area contributed by atoms with Gasteiger partial charge in [-0.3, -0.25) is 9.79 Å². The van der Waals surface area contributed by atoms with E-state index in [4.69, 9.17) is 4.18 Å². The van der Waals surface area contributed by atoms with Crippen molar-refractivity contribution in [1.82, 2.24) is 5.32 Å². The lowest BCUT2D eigenvalue weighted by atomic mass is 10.2. The van der Waals surface area contributed by atoms with Crippen LogP contribution < -0.4 is 9.50 Å². The first kappa shape index (κ1) is 13.9. The highest BCUT2D eigenvalue weighted by Crippen LogP contribution is 2.20. The van der Waals surface area contributed by atoms with Crippen molar-refractivity contribution in [3.8, 4) is 5.75 Å². The molecule has 1 aliphatic rings. The monoisotopic (exact) mass is 300 g/mol. The van der Waals surface area contributed by atoms with E-state index in [1.54, 1.807) is 12.1 Å². The summed E-state index contributed by atoms with van der Waals surface area (Å²) in [6, 6.07) is 6.16. The maximum atomic E-state index is 12.0. The van der Waals surface area contributed by atoms with Gasteiger partial charge >= 0.3 is 10.1 Å². The number of carbonyl (C=O) groups excluding carboxylic acids is 1. The Kier molecular flexibility index (Phi) is 4.11. The molecule has 1 amide bonds. The largest absolute Gasteiger partial charge is 0.382 e. The van der Waals surface area contributed by atoms with Crippen molar-refractivity contribution in [1.29, 1.82) is 0 Å². The predicted molar refractivity (Wildman–Crippen MR) is 74.1 cm³/mol. The van der Waals surface area contributed by atoms with Gasteiger partial charge in [-0.25, -0.2) is 0 Å². The highest BCUT2D eigenvalue weighted by atomic mass is 32.2. The molecular weight excluding hydrogens is 288 g/mol. The third-order valence-corrected chi connectivity index (χ3v) is 3.55. The Morgan fingerprint density at radius 1 is 1.42 bits per heavy atom. The SMILES string of the molecule is CS(=O)(=O)Oc1ccccc1C(=O)NC1=NCCS1. The minimum atomic E-state index is -3.68. The number of aliphatic imine (C=N–C) groups is 1. The molecule has 0 spiro atoms. The van der Waals surface area contributed by atoms with Crippen LogP contribution in [0.3, 0.4) is 0 Å². The first-order valence-electron chi connectivity index (χ1n) is 5.43. The van der Waals surface area contributed by atoms with Crippen LogP contribution in [0.25, 0.3) is 0 Å². The van der Waals surface area contributed by atoms with Gasteiger partial charge in [0.2, 0.25) is 0 Å². The summed E-state index contributed by atoms with van der Waals surface area (Å²) in [6.07, 6.45) is 0.929. The molecule has 1 aliphatic heterocycles. The van der Waals surface area contributed by atoms with E-state index in [2.05, 4.69) is 10.3 Å². The quantitative estimate of drug-likeness (QED) is 0.837. The number of nitrogens with zero attached hydrogens (tertiary/aromatic N) is 1. The zero-order valence-electron chi connectivity index (χ0n) is 10.1. The molecule has 19 heavy (non-hydrogen) atoms. The molecule has 6 nitrogen and oxygen atoms in total. The number of para-hydroxylation sites is 1. The third-order valence-electron chi connectivity index (χ3n) is 2.18. The summed E-state index contributed by atoms with van der Waals surface area (Å²) in [5, 5.41) is 3.16. The molecule has 1 heterocycles. The predicted octanol–water partition coefficient (Wildman–Crippen LogP) is 0.858. The fourth-order valence-electron chi connectivity index (χ4n) is 1.47. The molecule has 8 heteroatoms. The second kappa shape index (κ2) is 5.62. The minimum absolute atomic E-state index is 0.00565. The highest BCUT2D eigenvalue weighted by molar-refractivity contribution is 8.14. The van der Waals surface area contributed by atoms with Gasteiger partial charge in [0, 0.05) is 5.75 Å². The van der Waals surface area contributed by atoms with Crippen LogP contribution in [0.15, 0.2) is 29.3 Å². The summed E-state index contributed by atoms with van der Waals surface area (Å²) in [5.74, 6) is 0.399. The Bertz CT molecular complexity index is 625. The van der Waals surface area contributed by atoms with E-state index < -0.39 is 16.0 Å². The summed E-state index contributed by atoms with van der Waals surface area (Å²) < 4.78 is 27.1. The molecule has 1 aromatic rings. The molecule has 1 N–H and O–H groups in total. The lowest BCUT2D eigenvalue weighted by Gasteiger charge is -2.09. The normalized spacial score (nSPS) is 14.9. The van der Waals surface area contributed by atoms with Gasteiger partial charge in [0.15, 0.2) is 10.9 Å². The molecule has 0 saturated heterocycles. The fourth-order valence-corrected chi connectivity index (χ4v) is 2.66. The summed E-state index contributed by atoms with van der Waals surface area (Å²) >= 11 is 1.44. The summed E-state index contributed by atoms with van der Waals surface area (Å²) in [4.78, 5) is 16.1. The number of hydrogen-bond donors (Lipinski definition) is 1. The average Bonchev–Trinajstić information content (AvgIpc) is 2.80. The number of thioether (sulfide) groups is 1. The van der Waals surface area contributed by atoms with Crippen LogP contribution in [-0.4, -0.2) is 38.0 Å². The molecule has 0 aliphatic carbocycles. The Labute approximate surface area is 115 Å². The van der Waals surface area contributed by atoms with E-state index in [0.717, 1.165) is 12.0 Å². The Balaban J connectivity index is 2.21. The van der Waals surface area contributed by atoms with Crippen molar-refractivity contribution in [3.05, 3.63) is 29.8 Å². The van der Waals surface area contributed by atoms with Gasteiger partial charge < -0.3 is 9.50 Å². The Hall–Kier alpha value is -1.54. The van der Waals surface area contributed by atoms with E-state index in [0.29, 0.717) is 11.7 Å². The van der Waals surface area contributed by atoms with Crippen molar-refractivity contribution < 1.29 is 17.4 Å². The van der Waals surface area contributed by atoms with E-state index >= 15 is 0 Å². The van der Waals surface area contributed by atoms with Gasteiger partial charge in [-0.2, -0.15) is 8.42 Å². The van der Waals surface area contributed by atoms with Crippen LogP contribution in [-0.2, 0) is 10.1 Å². The maximum absolute atomic E-state index is 12.0. The van der Waals surface area contributed by atoms with Gasteiger partial charge in [-0.05, 0) is 12.1 Å². The van der Waals surface area contributed by atoms with Crippen LogP contribution in [0.5, 0.6) is 5.75 Å². The second-order valence-corrected chi connectivity index (χ2v) is 6.43. The van der Waals surface area contributed by atoms with Crippen LogP contribution in [0.1, 0.15) is 10.4 Å². The molecule has 0 atom stereocenters. The van der Waals surface area contributed by atoms with E-state index in [1.165, 1.54) is 23.9 Å². The number of carbonyl (C=O) groups is 1. The van der Waals surface area contributed by atoms with Crippen LogP contribution >= 0.6 is 11.8 Å². The number of amides is 1. The van der Waals surface area contributed by atoms with Crippen molar-refractivity contribution in [2.75, 3.05) is 18.6 Å². The number of benzene rings is 1. The van der Waals surface area contributed by atoms with E-state index in [1.807, 2.05) is 0 Å². The number of hydrogen-bond acceptors (Lipinski definition) is 6. The smallest absolute Gasteiger partial charge is 0.306 e. The van der Waals surface area contributed by atoms with Crippen molar-refractivity contribution in [3.63, 3.8) is 0 Å². The maximum Gasteiger partial charge on any atom is 0.306 e. The molecule has 0 radical (unpaired) electrons. The van der Waals surface area contributed by atoms with Gasteiger partial charge in [0.05, 0.1) is 18.4 Å². The molecule has 0 saturated carbocycles. The van der Waals surface area contributed by atoms with Crippen LogP contribution in [0.2, 0.25) is 0 Å². The number of rotatable bonds is 3. The molecule has 1 aromatic carbocycles. The van der Waals surface area contributed by atoms with Crippen molar-refractivity contribution >= 4 is 33.0 Å². The highest BCUT2D eigenvalue weighted by Gasteiger charge is 2.18. The molecule has 2 rings (SSSR count). The van der Waals surface area contributed by atoms with Gasteiger partial charge in [-0.15, -0.1) is 0 Å². The summed E-state index contributed by atoms with van der Waals surface area (Å²) in [6.45, 7) is 0.668. The molecule has 102 valence electrons. The van der Waals surface area contributed by atoms with Gasteiger partial charge in [0.25, 0.3) is 5.91 Å². The number of nitrogens with one attached hydrogen (secondary N) is 1. The molecule has 0 unspecified atom stereocenters. The minimum Gasteiger partial charge on any atom is -0.382 e. The van der Waals surface area contributed by atoms with Crippen molar-refractivity contribution in [2.24, 2.45) is 4.99 Å². The first-order chi connectivity index (χ1) is 8.96. The Morgan fingerprint density at radius 2 is 2.16 bits per heavy atom. The summed E-state index contributed by atoms with van der Waals surface area (Å²) in [5.41, 5.74) is 0.156. The first-order valence-corrected chi connectivity index (χ1v) is 8.23. The number of amidine groups is 1. The van der Waals surface area contributed by atoms with Crippen molar-refractivity contribution in [2.45, 2.75) is 0 Å². The molecule has 0 aromatic heterocycles. The fraction of sp³-hybridized carbons (Fsp3) is 0.273. The van der Waals surface area contributed by atoms with Crippen LogP contribution in [0, 0.1) is 0 Å². The van der Waals surface area contributed by atoms with Gasteiger partial charge in [-0.1, -0.05) is 23.9 Å². The topological polar surface area (TPSA) is 84.8 Å². The van der Waals surface area contributed by atoms with E-state index in [9.17, 15) is 13.2 Å². The average molecular weight is 300 g/mol. The zero-order valence-corrected chi connectivity index (χ0v) is 11.8. The van der Waals surface area contributed by atoms with Crippen LogP contribution in [0.4, 0.5) is 0 Å². The lowest BCUT2D eigenvalue weighted by Crippen LogP contribution is -2.28. The van der Waals surface area contributed by atoms with Gasteiger partial charge in [0.1, 0.15) is 0 Å². The standard InChI is InChI=1S/C11H12N2O4S2/c1-19(15,16)17-9-5-3-2-4-8(9)10(14)13-11-12-6-7-18-11/h2-5H,6-7H2,1H3,(H,12,13,14). The second-order valence-electron chi connectivity index (χ2n) is 3.77. The van der Waals surface area contributed by atoms with E-state index in [-0.39, 0.29) is 11.3 Å².